The van der Waals surface area contributed by atoms with E-state index in [0.717, 1.165) is 29.1 Å². The first kappa shape index (κ1) is 27.8. The van der Waals surface area contributed by atoms with Crippen molar-refractivity contribution in [2.24, 2.45) is 5.41 Å². The maximum absolute atomic E-state index is 13.1. The van der Waals surface area contributed by atoms with Gasteiger partial charge >= 0.3 is 0 Å². The van der Waals surface area contributed by atoms with Gasteiger partial charge in [-0.15, -0.1) is 0 Å². The summed E-state index contributed by atoms with van der Waals surface area (Å²) in [4.78, 5) is 22.4. The molecule has 1 aromatic heterocycles. The Morgan fingerprint density at radius 1 is 1.13 bits per heavy atom. The highest BCUT2D eigenvalue weighted by Gasteiger charge is 2.40. The Kier molecular flexibility index (Phi) is 9.00. The van der Waals surface area contributed by atoms with Crippen LogP contribution in [-0.4, -0.2) is 69.1 Å². The predicted octanol–water partition coefficient (Wildman–Crippen LogP) is 4.95. The number of likely N-dealkylation sites (N-methyl/N-ethyl adjacent to an activating group) is 1. The van der Waals surface area contributed by atoms with Crippen LogP contribution in [0.3, 0.4) is 0 Å². The van der Waals surface area contributed by atoms with E-state index in [2.05, 4.69) is 33.8 Å². The van der Waals surface area contributed by atoms with Gasteiger partial charge in [-0.3, -0.25) is 14.6 Å². The average Bonchev–Trinajstić information content (AvgIpc) is 3.48. The summed E-state index contributed by atoms with van der Waals surface area (Å²) < 4.78 is 2.07. The molecule has 2 unspecified atom stereocenters. The second-order valence-corrected chi connectivity index (χ2v) is 11.6. The maximum atomic E-state index is 13.1. The number of likely N-dealkylation sites (tertiary alicyclic amines) is 1. The van der Waals surface area contributed by atoms with E-state index >= 15 is 0 Å². The third-order valence-corrected chi connectivity index (χ3v) is 9.01. The van der Waals surface area contributed by atoms with Crippen LogP contribution in [-0.2, 0) is 11.3 Å². The zero-order valence-corrected chi connectivity index (χ0v) is 23.7. The summed E-state index contributed by atoms with van der Waals surface area (Å²) >= 11 is 0. The molecule has 210 valence electrons. The molecular weight excluding hydrogens is 486 g/mol. The van der Waals surface area contributed by atoms with Crippen molar-refractivity contribution in [1.29, 1.82) is 0 Å². The number of rotatable bonds is 13. The molecule has 2 fully saturated rings. The van der Waals surface area contributed by atoms with Crippen molar-refractivity contribution in [2.45, 2.75) is 77.6 Å². The van der Waals surface area contributed by atoms with Gasteiger partial charge in [0, 0.05) is 25.7 Å². The van der Waals surface area contributed by atoms with E-state index in [4.69, 9.17) is 4.98 Å². The zero-order chi connectivity index (χ0) is 27.2. The lowest BCUT2D eigenvalue weighted by Crippen LogP contribution is -2.42. The second kappa shape index (κ2) is 12.6. The average molecular weight is 532 g/mol. The third-order valence-electron chi connectivity index (χ3n) is 9.01. The van der Waals surface area contributed by atoms with Crippen LogP contribution >= 0.6 is 0 Å². The van der Waals surface area contributed by atoms with Gasteiger partial charge in [-0.05, 0) is 68.3 Å². The van der Waals surface area contributed by atoms with Gasteiger partial charge in [-0.1, -0.05) is 69.2 Å². The van der Waals surface area contributed by atoms with E-state index in [1.807, 2.05) is 49.4 Å². The Labute approximate surface area is 233 Å². The molecule has 1 saturated carbocycles. The molecule has 0 spiro atoms. The number of carbonyl (C=O) groups is 1. The fourth-order valence-electron chi connectivity index (χ4n) is 6.56. The number of benzene rings is 2. The minimum absolute atomic E-state index is 0.0397. The fraction of sp³-hybridized carbons (Fsp3) is 0.562. The largest absolute Gasteiger partial charge is 0.371 e. The molecule has 7 heteroatoms. The van der Waals surface area contributed by atoms with Crippen LogP contribution in [0.15, 0.2) is 54.6 Å². The van der Waals surface area contributed by atoms with Crippen molar-refractivity contribution in [3.05, 3.63) is 66.0 Å². The van der Waals surface area contributed by atoms with Gasteiger partial charge in [0.2, 0.25) is 5.91 Å². The summed E-state index contributed by atoms with van der Waals surface area (Å²) in [5.74, 6) is 0.528. The smallest absolute Gasteiger partial charge is 0.234 e. The molecular formula is C32H45N5O2. The number of nitrogens with one attached hydrogen (secondary N) is 1. The van der Waals surface area contributed by atoms with Crippen molar-refractivity contribution in [2.75, 3.05) is 32.7 Å². The Morgan fingerprint density at radius 2 is 1.90 bits per heavy atom. The number of fused-ring (bicyclic) bond motifs is 1. The van der Waals surface area contributed by atoms with Crippen LogP contribution < -0.4 is 5.32 Å². The van der Waals surface area contributed by atoms with Crippen LogP contribution in [0.1, 0.15) is 76.4 Å². The Morgan fingerprint density at radius 3 is 2.62 bits per heavy atom. The topological polar surface area (TPSA) is 73.6 Å². The highest BCUT2D eigenvalue weighted by atomic mass is 16.3. The highest BCUT2D eigenvalue weighted by molar-refractivity contribution is 5.78. The van der Waals surface area contributed by atoms with E-state index in [0.29, 0.717) is 30.9 Å². The number of carbonyl (C=O) groups excluding carboxylic acids is 1. The molecule has 2 aromatic carbocycles. The summed E-state index contributed by atoms with van der Waals surface area (Å²) in [5, 5.41) is 14.6. The van der Waals surface area contributed by atoms with Gasteiger partial charge in [0.25, 0.3) is 0 Å². The minimum Gasteiger partial charge on any atom is -0.371 e. The van der Waals surface area contributed by atoms with Gasteiger partial charge in [0.15, 0.2) is 12.1 Å². The number of nitrogens with zero attached hydrogens (tertiary/aromatic N) is 4. The molecule has 7 nitrogen and oxygen atoms in total. The van der Waals surface area contributed by atoms with Gasteiger partial charge in [-0.25, -0.2) is 4.98 Å². The normalized spacial score (nSPS) is 20.9. The van der Waals surface area contributed by atoms with E-state index in [9.17, 15) is 9.90 Å². The van der Waals surface area contributed by atoms with Crippen molar-refractivity contribution in [3.8, 4) is 0 Å². The fourth-order valence-corrected chi connectivity index (χ4v) is 6.56. The summed E-state index contributed by atoms with van der Waals surface area (Å²) in [6.45, 7) is 8.62. The lowest BCUT2D eigenvalue weighted by molar-refractivity contribution is -0.125. The quantitative estimate of drug-likeness (QED) is 0.306. The molecule has 2 atom stereocenters. The second-order valence-electron chi connectivity index (χ2n) is 11.6. The first-order valence-electron chi connectivity index (χ1n) is 14.9. The van der Waals surface area contributed by atoms with Gasteiger partial charge < -0.3 is 15.0 Å². The van der Waals surface area contributed by atoms with Crippen LogP contribution in [0, 0.1) is 5.41 Å². The number of hydrogen-bond donors (Lipinski definition) is 2. The first-order valence-corrected chi connectivity index (χ1v) is 14.9. The molecule has 2 heterocycles. The third kappa shape index (κ3) is 6.37. The standard InChI is InChI=1S/C32H45N5O2/c1-3-17-32(19-21-36(24-32)26-13-10-14-26)18-20-33-29(38)23-35(4-2)31(39)30-34-27-15-8-9-16-28(27)37(30)22-25-11-6-5-7-12-25/h5-9,11-12,15-16,26,31,39H,3-4,10,13-14,17-24H2,1-2H3,(H,33,38). The van der Waals surface area contributed by atoms with Crippen molar-refractivity contribution >= 4 is 16.9 Å². The summed E-state index contributed by atoms with van der Waals surface area (Å²) in [7, 11) is 0. The van der Waals surface area contributed by atoms with E-state index < -0.39 is 6.23 Å². The molecule has 0 bridgehead atoms. The Balaban J connectivity index is 1.22. The molecule has 39 heavy (non-hydrogen) atoms. The Hall–Kier alpha value is -2.74. The van der Waals surface area contributed by atoms with Crippen LogP contribution in [0.25, 0.3) is 11.0 Å². The SMILES string of the molecule is CCCC1(CCNC(=O)CN(CC)C(O)c2nc3ccccc3n2Cc2ccccc2)CCN(C2CCC2)C1. The molecule has 5 rings (SSSR count). The van der Waals surface area contributed by atoms with Crippen LogP contribution in [0.4, 0.5) is 0 Å². The zero-order valence-electron chi connectivity index (χ0n) is 23.7. The first-order chi connectivity index (χ1) is 19.0. The number of aliphatic hydroxyl groups excluding tert-OH is 1. The molecule has 3 aromatic rings. The van der Waals surface area contributed by atoms with Crippen molar-refractivity contribution in [1.82, 2.24) is 24.7 Å². The van der Waals surface area contributed by atoms with Gasteiger partial charge in [0.05, 0.1) is 17.6 Å². The Bertz CT molecular complexity index is 1220. The number of para-hydroxylation sites is 2. The summed E-state index contributed by atoms with van der Waals surface area (Å²) in [6, 6.07) is 19.0. The van der Waals surface area contributed by atoms with Crippen LogP contribution in [0.2, 0.25) is 0 Å². The molecule has 0 radical (unpaired) electrons. The highest BCUT2D eigenvalue weighted by Crippen LogP contribution is 2.41. The summed E-state index contributed by atoms with van der Waals surface area (Å²) in [6.07, 6.45) is 7.78. The number of hydrogen-bond acceptors (Lipinski definition) is 5. The molecule has 2 aliphatic rings. The van der Waals surface area contributed by atoms with Crippen molar-refractivity contribution in [3.63, 3.8) is 0 Å². The molecule has 1 aliphatic carbocycles. The maximum Gasteiger partial charge on any atom is 0.234 e. The summed E-state index contributed by atoms with van der Waals surface area (Å²) in [5.41, 5.74) is 3.28. The number of aromatic nitrogens is 2. The molecule has 1 amide bonds. The van der Waals surface area contributed by atoms with Crippen molar-refractivity contribution < 1.29 is 9.90 Å². The number of imidazole rings is 1. The van der Waals surface area contributed by atoms with E-state index in [1.165, 1.54) is 51.6 Å². The lowest BCUT2D eigenvalue weighted by atomic mass is 9.79. The lowest BCUT2D eigenvalue weighted by Gasteiger charge is -2.37. The minimum atomic E-state index is -0.978. The van der Waals surface area contributed by atoms with Crippen LogP contribution in [0.5, 0.6) is 0 Å². The molecule has 1 aliphatic heterocycles. The van der Waals surface area contributed by atoms with Gasteiger partial charge in [0.1, 0.15) is 0 Å². The number of aliphatic hydroxyl groups is 1. The van der Waals surface area contributed by atoms with E-state index in [-0.39, 0.29) is 12.5 Å². The predicted molar refractivity (Wildman–Crippen MR) is 156 cm³/mol. The molecule has 2 N–H and O–H groups in total. The van der Waals surface area contributed by atoms with E-state index in [1.54, 1.807) is 4.90 Å². The van der Waals surface area contributed by atoms with Gasteiger partial charge in [-0.2, -0.15) is 0 Å². The number of amides is 1. The molecule has 1 saturated heterocycles. The monoisotopic (exact) mass is 531 g/mol.